The smallest absolute Gasteiger partial charge is 0.288 e. The van der Waals surface area contributed by atoms with Crippen LogP contribution in [0.2, 0.25) is 0 Å². The van der Waals surface area contributed by atoms with E-state index in [-0.39, 0.29) is 19.0 Å². The molecule has 2 N–H and O–H groups in total. The van der Waals surface area contributed by atoms with Gasteiger partial charge in [-0.2, -0.15) is 4.57 Å². The molecule has 1 rings (SSSR count). The van der Waals surface area contributed by atoms with Crippen LogP contribution in [0.5, 0.6) is 0 Å². The molecule has 1 unspecified atom stereocenters. The Labute approximate surface area is 120 Å². The summed E-state index contributed by atoms with van der Waals surface area (Å²) in [6.45, 7) is 0.0403. The second-order valence-electron chi connectivity index (χ2n) is 3.06. The highest BCUT2D eigenvalue weighted by Gasteiger charge is 2.32. The number of aromatic nitrogens is 1. The van der Waals surface area contributed by atoms with Crippen molar-refractivity contribution in [1.82, 2.24) is 5.32 Å². The first-order valence-corrected chi connectivity index (χ1v) is 5.51. The summed E-state index contributed by atoms with van der Waals surface area (Å²) in [5.74, 6) is -0.449. The number of amides is 1. The Bertz CT molecular complexity index is 356. The number of carbonyl (C=O) groups excluding carboxylic acids is 1. The van der Waals surface area contributed by atoms with Crippen molar-refractivity contribution < 1.29 is 26.9 Å². The van der Waals surface area contributed by atoms with Crippen molar-refractivity contribution in [3.8, 4) is 0 Å². The molecule has 0 aliphatic rings. The first-order valence-electron chi connectivity index (χ1n) is 4.38. The molecule has 1 atom stereocenters. The second kappa shape index (κ2) is 7.24. The van der Waals surface area contributed by atoms with Gasteiger partial charge in [-0.25, -0.2) is 0 Å². The molecule has 8 heteroatoms. The van der Waals surface area contributed by atoms with E-state index in [1.165, 1.54) is 0 Å². The second-order valence-corrected chi connectivity index (χ2v) is 5.43. The van der Waals surface area contributed by atoms with E-state index in [0.717, 1.165) is 0 Å². The molecule has 0 spiro atoms. The molecular weight excluding hydrogens is 310 g/mol. The van der Waals surface area contributed by atoms with Crippen molar-refractivity contribution in [2.45, 2.75) is 16.6 Å². The van der Waals surface area contributed by atoms with Crippen LogP contribution in [-0.2, 0) is 11.3 Å². The van der Waals surface area contributed by atoms with Crippen LogP contribution in [0.1, 0.15) is 0 Å². The molecule has 96 valence electrons. The van der Waals surface area contributed by atoms with Crippen molar-refractivity contribution >= 4 is 40.7 Å². The van der Waals surface area contributed by atoms with Gasteiger partial charge in [-0.05, 0) is 0 Å². The van der Waals surface area contributed by atoms with Gasteiger partial charge in [0, 0.05) is 12.1 Å². The molecule has 0 aromatic carbocycles. The van der Waals surface area contributed by atoms with E-state index in [1.54, 1.807) is 29.1 Å². The number of carbonyl (C=O) groups is 1. The SMILES string of the molecule is O=C(C[n+]1ccccc1)NC(O)C(Cl)(Cl)Cl.[Cl-]. The Hall–Kier alpha value is -0.260. The summed E-state index contributed by atoms with van der Waals surface area (Å²) in [6, 6.07) is 5.38. The van der Waals surface area contributed by atoms with Gasteiger partial charge in [-0.1, -0.05) is 40.9 Å². The fraction of sp³-hybridized carbons (Fsp3) is 0.333. The minimum absolute atomic E-state index is 0. The van der Waals surface area contributed by atoms with Crippen molar-refractivity contribution in [2.24, 2.45) is 0 Å². The number of nitrogens with one attached hydrogen (secondary N) is 1. The van der Waals surface area contributed by atoms with Crippen molar-refractivity contribution in [1.29, 1.82) is 0 Å². The number of pyridine rings is 1. The third kappa shape index (κ3) is 6.29. The number of nitrogens with zero attached hydrogens (tertiary/aromatic N) is 1. The largest absolute Gasteiger partial charge is 1.00 e. The molecule has 0 fully saturated rings. The summed E-state index contributed by atoms with van der Waals surface area (Å²) >= 11 is 16.2. The van der Waals surface area contributed by atoms with Crippen LogP contribution in [0.25, 0.3) is 0 Å². The fourth-order valence-corrected chi connectivity index (χ4v) is 1.15. The topological polar surface area (TPSA) is 53.2 Å². The van der Waals surface area contributed by atoms with Crippen LogP contribution in [-0.4, -0.2) is 21.0 Å². The van der Waals surface area contributed by atoms with Gasteiger partial charge in [0.05, 0.1) is 0 Å². The highest BCUT2D eigenvalue weighted by molar-refractivity contribution is 6.68. The van der Waals surface area contributed by atoms with E-state index in [4.69, 9.17) is 34.8 Å². The minimum atomic E-state index is -1.93. The van der Waals surface area contributed by atoms with Gasteiger partial charge in [0.1, 0.15) is 0 Å². The molecule has 0 saturated heterocycles. The average molecular weight is 320 g/mol. The average Bonchev–Trinajstić information content (AvgIpc) is 2.17. The molecule has 4 nitrogen and oxygen atoms in total. The van der Waals surface area contributed by atoms with Crippen LogP contribution in [0, 0.1) is 0 Å². The lowest BCUT2D eigenvalue weighted by Crippen LogP contribution is -3.00. The van der Waals surface area contributed by atoms with Crippen LogP contribution < -0.4 is 22.3 Å². The lowest BCUT2D eigenvalue weighted by molar-refractivity contribution is -0.684. The molecule has 0 bridgehead atoms. The third-order valence-corrected chi connectivity index (χ3v) is 2.33. The number of rotatable bonds is 3. The Balaban J connectivity index is 0.00000256. The fourth-order valence-electron chi connectivity index (χ4n) is 0.986. The van der Waals surface area contributed by atoms with E-state index in [1.807, 2.05) is 6.07 Å². The van der Waals surface area contributed by atoms with E-state index in [0.29, 0.717) is 0 Å². The molecule has 1 aromatic heterocycles. The molecule has 0 aliphatic carbocycles. The molecule has 0 aliphatic heterocycles. The summed E-state index contributed by atoms with van der Waals surface area (Å²) in [4.78, 5) is 11.4. The number of hydrogen-bond donors (Lipinski definition) is 2. The molecule has 1 aromatic rings. The first-order chi connectivity index (χ1) is 7.39. The summed E-state index contributed by atoms with van der Waals surface area (Å²) < 4.78 is -0.308. The van der Waals surface area contributed by atoms with E-state index in [9.17, 15) is 9.90 Å². The molecule has 1 heterocycles. The predicted octanol–water partition coefficient (Wildman–Crippen LogP) is -2.22. The predicted molar refractivity (Wildman–Crippen MR) is 61.1 cm³/mol. The van der Waals surface area contributed by atoms with Crippen molar-refractivity contribution in [2.75, 3.05) is 0 Å². The maximum Gasteiger partial charge on any atom is 0.288 e. The van der Waals surface area contributed by atoms with Crippen LogP contribution in [0.15, 0.2) is 30.6 Å². The monoisotopic (exact) mass is 318 g/mol. The van der Waals surface area contributed by atoms with Gasteiger partial charge in [0.15, 0.2) is 18.6 Å². The van der Waals surface area contributed by atoms with Crippen LogP contribution in [0.3, 0.4) is 0 Å². The Morgan fingerprint density at radius 3 is 2.29 bits per heavy atom. The molecule has 1 amide bonds. The summed E-state index contributed by atoms with van der Waals surface area (Å²) in [5.41, 5.74) is 0. The van der Waals surface area contributed by atoms with Crippen LogP contribution >= 0.6 is 34.8 Å². The van der Waals surface area contributed by atoms with Crippen molar-refractivity contribution in [3.63, 3.8) is 0 Å². The van der Waals surface area contributed by atoms with Gasteiger partial charge in [-0.3, -0.25) is 4.79 Å². The van der Waals surface area contributed by atoms with Gasteiger partial charge in [-0.15, -0.1) is 0 Å². The number of halogens is 4. The lowest BCUT2D eigenvalue weighted by atomic mass is 10.4. The van der Waals surface area contributed by atoms with Gasteiger partial charge in [0.2, 0.25) is 10.3 Å². The van der Waals surface area contributed by atoms with Gasteiger partial charge < -0.3 is 22.8 Å². The zero-order valence-electron chi connectivity index (χ0n) is 8.49. The quantitative estimate of drug-likeness (QED) is 0.377. The molecular formula is C9H10Cl4N2O2. The Kier molecular flexibility index (Phi) is 7.13. The van der Waals surface area contributed by atoms with Crippen LogP contribution in [0.4, 0.5) is 0 Å². The maximum atomic E-state index is 11.4. The standard InChI is InChI=1S/C9H9Cl3N2O2.ClH/c10-9(11,12)8(16)13-7(15)6-14-4-2-1-3-5-14;/h1-5,8,16H,6H2;1H. The Morgan fingerprint density at radius 1 is 1.29 bits per heavy atom. The zero-order chi connectivity index (χ0) is 12.2. The van der Waals surface area contributed by atoms with Gasteiger partial charge >= 0.3 is 0 Å². The summed E-state index contributed by atoms with van der Waals surface area (Å²) in [5, 5.41) is 11.5. The summed E-state index contributed by atoms with van der Waals surface area (Å²) in [6.07, 6.45) is 1.89. The Morgan fingerprint density at radius 2 is 1.82 bits per heavy atom. The summed E-state index contributed by atoms with van der Waals surface area (Å²) in [7, 11) is 0. The molecule has 17 heavy (non-hydrogen) atoms. The normalized spacial score (nSPS) is 12.5. The zero-order valence-corrected chi connectivity index (χ0v) is 11.5. The maximum absolute atomic E-state index is 11.4. The highest BCUT2D eigenvalue weighted by Crippen LogP contribution is 2.28. The lowest BCUT2D eigenvalue weighted by Gasteiger charge is -2.18. The first kappa shape index (κ1) is 16.7. The van der Waals surface area contributed by atoms with E-state index in [2.05, 4.69) is 5.32 Å². The molecule has 0 radical (unpaired) electrons. The number of alkyl halides is 3. The van der Waals surface area contributed by atoms with Gasteiger partial charge in [0.25, 0.3) is 5.91 Å². The number of hydrogen-bond acceptors (Lipinski definition) is 2. The van der Waals surface area contributed by atoms with E-state index >= 15 is 0 Å². The van der Waals surface area contributed by atoms with Crippen molar-refractivity contribution in [3.05, 3.63) is 30.6 Å². The minimum Gasteiger partial charge on any atom is -1.00 e. The molecule has 0 saturated carbocycles. The highest BCUT2D eigenvalue weighted by atomic mass is 35.6. The number of aliphatic hydroxyl groups is 1. The number of aliphatic hydroxyl groups excluding tert-OH is 1. The third-order valence-electron chi connectivity index (χ3n) is 1.71. The van der Waals surface area contributed by atoms with E-state index < -0.39 is 15.9 Å².